The summed E-state index contributed by atoms with van der Waals surface area (Å²) in [7, 11) is -1.81. The van der Waals surface area contributed by atoms with Crippen molar-refractivity contribution < 1.29 is 12.9 Å². The molecule has 182 valence electrons. The highest BCUT2D eigenvalue weighted by Gasteiger charge is 2.14. The number of aliphatic imine (C=N–C) groups is 1. The lowest BCUT2D eigenvalue weighted by Crippen LogP contribution is -1.82. The summed E-state index contributed by atoms with van der Waals surface area (Å²) in [5, 5.41) is 6.52. The van der Waals surface area contributed by atoms with Crippen molar-refractivity contribution in [1.82, 2.24) is 0 Å². The van der Waals surface area contributed by atoms with E-state index < -0.39 is 8.24 Å². The molecule has 5 heteroatoms. The Bertz CT molecular complexity index is 1910. The Kier molecular flexibility index (Phi) is 5.65. The van der Waals surface area contributed by atoms with E-state index in [0.717, 1.165) is 49.0 Å². The number of hydrogen-bond donors (Lipinski definition) is 0. The van der Waals surface area contributed by atoms with Gasteiger partial charge in [0.25, 0.3) is 0 Å². The molecule has 0 saturated heterocycles. The zero-order valence-corrected chi connectivity index (χ0v) is 21.2. The smallest absolute Gasteiger partial charge is 0.390 e. The number of nitrogens with zero attached hydrogens (tertiary/aromatic N) is 1. The Morgan fingerprint density at radius 3 is 1.76 bits per heavy atom. The van der Waals surface area contributed by atoms with Crippen LogP contribution < -0.4 is 4.52 Å². The van der Waals surface area contributed by atoms with E-state index in [4.69, 9.17) is 12.9 Å². The van der Waals surface area contributed by atoms with E-state index in [2.05, 4.69) is 65.7 Å². The van der Waals surface area contributed by atoms with E-state index >= 15 is 0 Å². The Labute approximate surface area is 220 Å². The first kappa shape index (κ1) is 22.4. The van der Waals surface area contributed by atoms with Crippen molar-refractivity contribution in [2.24, 2.45) is 4.99 Å². The highest BCUT2D eigenvalue weighted by Crippen LogP contribution is 2.43. The topological polar surface area (TPSA) is 47.9 Å². The van der Waals surface area contributed by atoms with Crippen molar-refractivity contribution in [2.45, 2.75) is 0 Å². The number of hydrogen-bond acceptors (Lipinski definition) is 4. The number of para-hydroxylation sites is 2. The van der Waals surface area contributed by atoms with Gasteiger partial charge in [-0.15, -0.1) is 0 Å². The molecule has 0 unspecified atom stereocenters. The summed E-state index contributed by atoms with van der Waals surface area (Å²) >= 11 is 0. The van der Waals surface area contributed by atoms with E-state index in [1.165, 1.54) is 0 Å². The third-order valence-corrected chi connectivity index (χ3v) is 7.61. The summed E-state index contributed by atoms with van der Waals surface area (Å²) < 4.78 is 19.4. The second-order valence-corrected chi connectivity index (χ2v) is 9.95. The molecule has 4 nitrogen and oxygen atoms in total. The Morgan fingerprint density at radius 1 is 0.553 bits per heavy atom. The molecular weight excluding hydrogens is 489 g/mol. The molecule has 0 aliphatic rings. The molecule has 38 heavy (non-hydrogen) atoms. The standard InChI is InChI=1S/C33H22NO3P/c1-2-10-23(11-3-1)22-34-28-16-8-9-17-29(28)35-38-36-30-20-18-24-12-4-6-14-26(24)32(30)33-27-15-7-5-13-25(27)19-21-31(33)37-38/h1-22H. The summed E-state index contributed by atoms with van der Waals surface area (Å²) in [4.78, 5) is 4.69. The van der Waals surface area contributed by atoms with Gasteiger partial charge in [-0.05, 0) is 51.4 Å². The third-order valence-electron chi connectivity index (χ3n) is 6.57. The summed E-state index contributed by atoms with van der Waals surface area (Å²) in [5.74, 6) is 0.595. The molecule has 0 fully saturated rings. The molecule has 1 aromatic heterocycles. The Morgan fingerprint density at radius 2 is 1.11 bits per heavy atom. The van der Waals surface area contributed by atoms with Gasteiger partial charge in [0.05, 0.1) is 0 Å². The molecule has 7 rings (SSSR count). The van der Waals surface area contributed by atoms with Gasteiger partial charge >= 0.3 is 8.24 Å². The average Bonchev–Trinajstić information content (AvgIpc) is 3.14. The molecule has 0 aliphatic heterocycles. The van der Waals surface area contributed by atoms with Crippen LogP contribution in [0, 0.1) is 0 Å². The first-order valence-corrected chi connectivity index (χ1v) is 13.5. The molecular formula is C33H22NO3P. The largest absolute Gasteiger partial charge is 0.453 e. The van der Waals surface area contributed by atoms with Crippen LogP contribution in [-0.4, -0.2) is 6.21 Å². The molecule has 0 bridgehead atoms. The molecule has 0 atom stereocenters. The maximum absolute atomic E-state index is 6.49. The van der Waals surface area contributed by atoms with Crippen molar-refractivity contribution in [3.63, 3.8) is 0 Å². The summed E-state index contributed by atoms with van der Waals surface area (Å²) in [6.45, 7) is 0. The van der Waals surface area contributed by atoms with E-state index in [-0.39, 0.29) is 0 Å². The summed E-state index contributed by atoms with van der Waals surface area (Å²) in [6, 6.07) is 42.5. The number of rotatable bonds is 4. The summed E-state index contributed by atoms with van der Waals surface area (Å²) in [5.41, 5.74) is 3.18. The van der Waals surface area contributed by atoms with Gasteiger partial charge in [-0.3, -0.25) is 4.99 Å². The zero-order valence-electron chi connectivity index (χ0n) is 20.3. The third kappa shape index (κ3) is 4.11. The van der Waals surface area contributed by atoms with E-state index in [0.29, 0.717) is 11.4 Å². The van der Waals surface area contributed by atoms with E-state index in [1.807, 2.05) is 72.9 Å². The highest BCUT2D eigenvalue weighted by atomic mass is 31.1. The van der Waals surface area contributed by atoms with Crippen molar-refractivity contribution in [1.29, 1.82) is 0 Å². The maximum atomic E-state index is 6.49. The minimum atomic E-state index is -1.81. The average molecular weight is 512 g/mol. The van der Waals surface area contributed by atoms with E-state index in [9.17, 15) is 0 Å². The van der Waals surface area contributed by atoms with Crippen LogP contribution in [0.25, 0.3) is 43.5 Å². The van der Waals surface area contributed by atoms with Crippen molar-refractivity contribution in [3.05, 3.63) is 133 Å². The van der Waals surface area contributed by atoms with Gasteiger partial charge in [-0.25, -0.2) is 0 Å². The molecule has 0 spiro atoms. The van der Waals surface area contributed by atoms with Gasteiger partial charge in [-0.2, -0.15) is 0 Å². The maximum Gasteiger partial charge on any atom is 0.453 e. The predicted molar refractivity (Wildman–Crippen MR) is 157 cm³/mol. The Hall–Kier alpha value is -4.79. The highest BCUT2D eigenvalue weighted by molar-refractivity contribution is 7.32. The normalized spacial score (nSPS) is 11.6. The van der Waals surface area contributed by atoms with Crippen LogP contribution in [-0.2, 0) is 0 Å². The molecule has 0 amide bonds. The fourth-order valence-electron chi connectivity index (χ4n) is 4.79. The monoisotopic (exact) mass is 511 g/mol. The first-order valence-electron chi connectivity index (χ1n) is 12.4. The van der Waals surface area contributed by atoms with Crippen molar-refractivity contribution in [2.75, 3.05) is 0 Å². The van der Waals surface area contributed by atoms with Crippen LogP contribution in [0.2, 0.25) is 0 Å². The van der Waals surface area contributed by atoms with Crippen LogP contribution in [0.1, 0.15) is 5.56 Å². The molecule has 6 aromatic carbocycles. The molecule has 0 saturated carbocycles. The lowest BCUT2D eigenvalue weighted by molar-refractivity contribution is 0.499. The van der Waals surface area contributed by atoms with Crippen LogP contribution >= 0.6 is 8.24 Å². The zero-order chi connectivity index (χ0) is 25.3. The van der Waals surface area contributed by atoms with Gasteiger partial charge < -0.3 is 12.9 Å². The SMILES string of the molecule is C(=Nc1ccccc1Op1oc2ccc3ccccc3c2c2c(ccc3ccccc32)o1)c1ccccc1. The van der Waals surface area contributed by atoms with Gasteiger partial charge in [0.1, 0.15) is 16.9 Å². The molecule has 0 N–H and O–H groups in total. The molecule has 0 aliphatic carbocycles. The molecule has 0 radical (unpaired) electrons. The number of benzene rings is 6. The van der Waals surface area contributed by atoms with Crippen molar-refractivity contribution >= 4 is 63.6 Å². The molecule has 1 heterocycles. The van der Waals surface area contributed by atoms with Gasteiger partial charge in [0.15, 0.2) is 5.75 Å². The van der Waals surface area contributed by atoms with Crippen molar-refractivity contribution in [3.8, 4) is 5.75 Å². The predicted octanol–water partition coefficient (Wildman–Crippen LogP) is 10.2. The molecule has 7 aromatic rings. The van der Waals surface area contributed by atoms with E-state index in [1.54, 1.807) is 0 Å². The lowest BCUT2D eigenvalue weighted by atomic mass is 9.99. The quantitative estimate of drug-likeness (QED) is 0.221. The fourth-order valence-corrected chi connectivity index (χ4v) is 5.84. The minimum absolute atomic E-state index is 0.595. The van der Waals surface area contributed by atoms with Gasteiger partial charge in [0.2, 0.25) is 0 Å². The fraction of sp³-hybridized carbons (Fsp3) is 0. The van der Waals surface area contributed by atoms with Crippen LogP contribution in [0.15, 0.2) is 141 Å². The second-order valence-electron chi connectivity index (χ2n) is 8.95. The minimum Gasteiger partial charge on any atom is -0.390 e. The number of fused-ring (bicyclic) bond motifs is 7. The summed E-state index contributed by atoms with van der Waals surface area (Å²) in [6.07, 6.45) is 1.83. The van der Waals surface area contributed by atoms with Gasteiger partial charge in [0, 0.05) is 17.0 Å². The lowest BCUT2D eigenvalue weighted by Gasteiger charge is -2.05. The van der Waals surface area contributed by atoms with Crippen LogP contribution in [0.5, 0.6) is 5.75 Å². The Balaban J connectivity index is 1.46. The van der Waals surface area contributed by atoms with Gasteiger partial charge in [-0.1, -0.05) is 103 Å². The van der Waals surface area contributed by atoms with Crippen LogP contribution in [0.3, 0.4) is 0 Å². The second kappa shape index (κ2) is 9.59. The van der Waals surface area contributed by atoms with Crippen LogP contribution in [0.4, 0.5) is 5.69 Å². The first-order chi connectivity index (χ1) is 18.8.